The molecular weight excluding hydrogens is 380 g/mol. The Hall–Kier alpha value is -3.02. The second-order valence-electron chi connectivity index (χ2n) is 6.18. The minimum atomic E-state index is -0.346. The van der Waals surface area contributed by atoms with Crippen LogP contribution in [0.5, 0.6) is 0 Å². The van der Waals surface area contributed by atoms with Crippen LogP contribution in [0.25, 0.3) is 22.0 Å². The van der Waals surface area contributed by atoms with Crippen molar-refractivity contribution in [2.24, 2.45) is 0 Å². The molecule has 0 unspecified atom stereocenters. The van der Waals surface area contributed by atoms with Crippen LogP contribution in [0.1, 0.15) is 20.7 Å². The molecule has 1 aliphatic heterocycles. The first-order chi connectivity index (χ1) is 13.1. The molecule has 2 amide bonds. The number of imide groups is 1. The Morgan fingerprint density at radius 3 is 2.11 bits per heavy atom. The zero-order valence-corrected chi connectivity index (χ0v) is 15.4. The summed E-state index contributed by atoms with van der Waals surface area (Å²) in [6.45, 7) is 0. The summed E-state index contributed by atoms with van der Waals surface area (Å²) >= 11 is 7.20. The normalized spacial score (nSPS) is 13.4. The van der Waals surface area contributed by atoms with E-state index in [-0.39, 0.29) is 11.8 Å². The van der Waals surface area contributed by atoms with E-state index in [0.29, 0.717) is 32.4 Å². The summed E-state index contributed by atoms with van der Waals surface area (Å²) in [5, 5.41) is 4.43. The Morgan fingerprint density at radius 1 is 0.852 bits per heavy atom. The molecule has 3 aromatic carbocycles. The third-order valence-corrected chi connectivity index (χ3v) is 5.67. The molecular formula is C21H11ClN2O2S. The lowest BCUT2D eigenvalue weighted by Crippen LogP contribution is -2.40. The highest BCUT2D eigenvalue weighted by Crippen LogP contribution is 2.35. The number of anilines is 1. The van der Waals surface area contributed by atoms with Crippen molar-refractivity contribution in [2.75, 3.05) is 4.90 Å². The number of benzene rings is 3. The van der Waals surface area contributed by atoms with Crippen LogP contribution in [0.4, 0.5) is 5.13 Å². The lowest BCUT2D eigenvalue weighted by atomic mass is 9.94. The molecule has 1 aromatic heterocycles. The summed E-state index contributed by atoms with van der Waals surface area (Å²) in [4.78, 5) is 31.8. The number of carbonyl (C=O) groups excluding carboxylic acids is 2. The van der Waals surface area contributed by atoms with E-state index in [1.807, 2.05) is 41.8 Å². The van der Waals surface area contributed by atoms with Crippen molar-refractivity contribution < 1.29 is 9.59 Å². The van der Waals surface area contributed by atoms with Crippen LogP contribution in [0.3, 0.4) is 0 Å². The van der Waals surface area contributed by atoms with Crippen LogP contribution >= 0.6 is 22.9 Å². The molecule has 130 valence electrons. The first-order valence-corrected chi connectivity index (χ1v) is 9.51. The van der Waals surface area contributed by atoms with Gasteiger partial charge in [0.1, 0.15) is 0 Å². The molecule has 0 N–H and O–H groups in total. The van der Waals surface area contributed by atoms with E-state index < -0.39 is 0 Å². The number of nitrogens with zero attached hydrogens (tertiary/aromatic N) is 2. The summed E-state index contributed by atoms with van der Waals surface area (Å²) in [7, 11) is 0. The average Bonchev–Trinajstić information content (AvgIpc) is 3.16. The molecule has 0 spiro atoms. The molecule has 0 radical (unpaired) electrons. The molecule has 0 fully saturated rings. The second-order valence-corrected chi connectivity index (χ2v) is 7.45. The Labute approximate surface area is 163 Å². The van der Waals surface area contributed by atoms with Crippen molar-refractivity contribution in [3.05, 3.63) is 82.2 Å². The Morgan fingerprint density at radius 2 is 1.48 bits per heavy atom. The van der Waals surface area contributed by atoms with Gasteiger partial charge in [0.15, 0.2) is 5.13 Å². The van der Waals surface area contributed by atoms with Gasteiger partial charge in [-0.05, 0) is 29.7 Å². The highest BCUT2D eigenvalue weighted by atomic mass is 35.5. The fourth-order valence-electron chi connectivity index (χ4n) is 3.32. The topological polar surface area (TPSA) is 50.3 Å². The first kappa shape index (κ1) is 16.2. The van der Waals surface area contributed by atoms with E-state index in [4.69, 9.17) is 11.6 Å². The van der Waals surface area contributed by atoms with Crippen LogP contribution < -0.4 is 4.90 Å². The third-order valence-electron chi connectivity index (χ3n) is 4.60. The number of thiazole rings is 1. The second kappa shape index (κ2) is 6.01. The van der Waals surface area contributed by atoms with Crippen molar-refractivity contribution in [3.8, 4) is 11.3 Å². The van der Waals surface area contributed by atoms with Gasteiger partial charge in [-0.25, -0.2) is 9.88 Å². The van der Waals surface area contributed by atoms with E-state index in [2.05, 4.69) is 4.98 Å². The monoisotopic (exact) mass is 390 g/mol. The zero-order valence-electron chi connectivity index (χ0n) is 13.8. The maximum Gasteiger partial charge on any atom is 0.267 e. The van der Waals surface area contributed by atoms with Crippen LogP contribution in [-0.4, -0.2) is 16.8 Å². The van der Waals surface area contributed by atoms with Gasteiger partial charge >= 0.3 is 0 Å². The van der Waals surface area contributed by atoms with Gasteiger partial charge in [-0.3, -0.25) is 9.59 Å². The molecule has 4 nitrogen and oxygen atoms in total. The minimum absolute atomic E-state index is 0.346. The molecule has 27 heavy (non-hydrogen) atoms. The van der Waals surface area contributed by atoms with E-state index in [1.165, 1.54) is 16.2 Å². The van der Waals surface area contributed by atoms with E-state index in [1.54, 1.807) is 24.3 Å². The van der Waals surface area contributed by atoms with E-state index >= 15 is 0 Å². The van der Waals surface area contributed by atoms with Gasteiger partial charge in [-0.2, -0.15) is 0 Å². The fraction of sp³-hybridized carbons (Fsp3) is 0. The molecule has 6 heteroatoms. The molecule has 0 saturated heterocycles. The van der Waals surface area contributed by atoms with Gasteiger partial charge in [0.25, 0.3) is 11.8 Å². The molecule has 0 bridgehead atoms. The van der Waals surface area contributed by atoms with Gasteiger partial charge in [-0.1, -0.05) is 48.0 Å². The van der Waals surface area contributed by atoms with Crippen molar-refractivity contribution in [3.63, 3.8) is 0 Å². The van der Waals surface area contributed by atoms with Crippen LogP contribution in [-0.2, 0) is 0 Å². The molecule has 4 aromatic rings. The quantitative estimate of drug-likeness (QED) is 0.429. The fourth-order valence-corrected chi connectivity index (χ4v) is 4.28. The van der Waals surface area contributed by atoms with Crippen LogP contribution in [0.15, 0.2) is 66.0 Å². The van der Waals surface area contributed by atoms with E-state index in [9.17, 15) is 9.59 Å². The molecule has 5 rings (SSSR count). The molecule has 2 heterocycles. The largest absolute Gasteiger partial charge is 0.268 e. The van der Waals surface area contributed by atoms with Crippen LogP contribution in [0, 0.1) is 0 Å². The molecule has 0 aliphatic carbocycles. The Balaban J connectivity index is 1.62. The predicted octanol–water partition coefficient (Wildman–Crippen LogP) is 5.42. The van der Waals surface area contributed by atoms with Gasteiger partial charge < -0.3 is 0 Å². The zero-order chi connectivity index (χ0) is 18.5. The number of rotatable bonds is 2. The average molecular weight is 391 g/mol. The Bertz CT molecular complexity index is 1180. The summed E-state index contributed by atoms with van der Waals surface area (Å²) in [6, 6.07) is 18.2. The molecule has 1 aliphatic rings. The van der Waals surface area contributed by atoms with Crippen LogP contribution in [0.2, 0.25) is 5.02 Å². The summed E-state index contributed by atoms with van der Waals surface area (Å²) < 4.78 is 0. The van der Waals surface area contributed by atoms with Gasteiger partial charge in [0, 0.05) is 32.5 Å². The van der Waals surface area contributed by atoms with Crippen molar-refractivity contribution in [2.45, 2.75) is 0 Å². The molecule has 0 atom stereocenters. The van der Waals surface area contributed by atoms with E-state index in [0.717, 1.165) is 10.9 Å². The lowest BCUT2D eigenvalue weighted by molar-refractivity contribution is 0.0893. The van der Waals surface area contributed by atoms with Gasteiger partial charge in [-0.15, -0.1) is 11.3 Å². The number of aromatic nitrogens is 1. The third kappa shape index (κ3) is 2.47. The number of hydrogen-bond donors (Lipinski definition) is 0. The van der Waals surface area contributed by atoms with Crippen molar-refractivity contribution in [1.29, 1.82) is 0 Å². The number of hydrogen-bond acceptors (Lipinski definition) is 4. The first-order valence-electron chi connectivity index (χ1n) is 8.25. The lowest BCUT2D eigenvalue weighted by Gasteiger charge is -2.25. The highest BCUT2D eigenvalue weighted by Gasteiger charge is 2.35. The maximum atomic E-state index is 13.1. The summed E-state index contributed by atoms with van der Waals surface area (Å²) in [6.07, 6.45) is 0. The molecule has 0 saturated carbocycles. The highest BCUT2D eigenvalue weighted by molar-refractivity contribution is 7.14. The predicted molar refractivity (Wildman–Crippen MR) is 108 cm³/mol. The smallest absolute Gasteiger partial charge is 0.267 e. The Kier molecular flexibility index (Phi) is 3.60. The summed E-state index contributed by atoms with van der Waals surface area (Å²) in [5.41, 5.74) is 2.61. The van der Waals surface area contributed by atoms with Crippen molar-refractivity contribution in [1.82, 2.24) is 4.98 Å². The SMILES string of the molecule is O=C1c2cccc3cccc(c23)C(=O)N1c1nc(-c2ccc(Cl)cc2)cs1. The van der Waals surface area contributed by atoms with Crippen molar-refractivity contribution >= 4 is 50.7 Å². The number of amides is 2. The van der Waals surface area contributed by atoms with Gasteiger partial charge in [0.05, 0.1) is 5.69 Å². The summed E-state index contributed by atoms with van der Waals surface area (Å²) in [5.74, 6) is -0.692. The van der Waals surface area contributed by atoms with Gasteiger partial charge in [0.2, 0.25) is 0 Å². The maximum absolute atomic E-state index is 13.1. The number of halogens is 1. The number of carbonyl (C=O) groups is 2. The minimum Gasteiger partial charge on any atom is -0.268 e. The standard InChI is InChI=1S/C21H11ClN2O2S/c22-14-9-7-12(8-10-14)17-11-27-21(23-17)24-19(25)15-5-1-3-13-4-2-6-16(18(13)15)20(24)26/h1-11H.